The number of nitriles is 1. The third kappa shape index (κ3) is 5.81. The molecule has 3 aromatic rings. The molecule has 9 heteroatoms. The molecular weight excluding hydrogens is 521 g/mol. The summed E-state index contributed by atoms with van der Waals surface area (Å²) >= 11 is 0. The van der Waals surface area contributed by atoms with Crippen LogP contribution in [0.1, 0.15) is 71.7 Å². The van der Waals surface area contributed by atoms with Crippen LogP contribution in [0.25, 0.3) is 11.1 Å². The van der Waals surface area contributed by atoms with Crippen LogP contribution in [0.15, 0.2) is 36.5 Å². The Morgan fingerprint density at radius 3 is 2.71 bits per heavy atom. The molecule has 0 radical (unpaired) electrons. The second kappa shape index (κ2) is 11.9. The topological polar surface area (TPSA) is 103 Å². The Balaban J connectivity index is 1.50. The van der Waals surface area contributed by atoms with Gasteiger partial charge in [-0.3, -0.25) is 14.7 Å². The molecule has 41 heavy (non-hydrogen) atoms. The van der Waals surface area contributed by atoms with Crippen molar-refractivity contribution in [3.05, 3.63) is 76.1 Å². The average Bonchev–Trinajstić information content (AvgIpc) is 3.28. The van der Waals surface area contributed by atoms with Crippen LogP contribution in [-0.4, -0.2) is 69.2 Å². The Labute approximate surface area is 240 Å². The molecule has 8 nitrogen and oxygen atoms in total. The van der Waals surface area contributed by atoms with E-state index < -0.39 is 5.95 Å². The molecule has 2 aliphatic rings. The van der Waals surface area contributed by atoms with E-state index in [-0.39, 0.29) is 18.1 Å². The fraction of sp³-hybridized carbons (Fsp3) is 0.438. The van der Waals surface area contributed by atoms with Crippen molar-refractivity contribution in [2.75, 3.05) is 26.2 Å². The maximum absolute atomic E-state index is 14.1. The van der Waals surface area contributed by atoms with Gasteiger partial charge in [0.15, 0.2) is 0 Å². The number of fused-ring (bicyclic) bond motifs is 1. The molecule has 1 amide bonds. The quantitative estimate of drug-likeness (QED) is 0.403. The predicted molar refractivity (Wildman–Crippen MR) is 153 cm³/mol. The van der Waals surface area contributed by atoms with Gasteiger partial charge in [0.25, 0.3) is 5.91 Å². The molecule has 3 atom stereocenters. The van der Waals surface area contributed by atoms with Crippen molar-refractivity contribution in [3.63, 3.8) is 0 Å². The number of aryl methyl sites for hydroxylation is 1. The Hall–Kier alpha value is -3.87. The SMILES string of the molecule is CCOc1cc([C@H](C)N2CCc3c(cc(CCN4CC(O)C[C@@H]4C)cc3-c3ccc(F)nc3C)C2=O)ncc1C#N. The van der Waals surface area contributed by atoms with E-state index in [0.29, 0.717) is 66.8 Å². The molecule has 0 saturated carbocycles. The highest BCUT2D eigenvalue weighted by Gasteiger charge is 2.33. The summed E-state index contributed by atoms with van der Waals surface area (Å²) in [5.74, 6) is -0.166. The van der Waals surface area contributed by atoms with Crippen LogP contribution in [0.3, 0.4) is 0 Å². The Kier molecular flexibility index (Phi) is 8.34. The first-order chi connectivity index (χ1) is 19.7. The number of benzene rings is 1. The molecule has 0 spiro atoms. The summed E-state index contributed by atoms with van der Waals surface area (Å²) in [5, 5.41) is 19.5. The first-order valence-electron chi connectivity index (χ1n) is 14.2. The minimum Gasteiger partial charge on any atom is -0.492 e. The molecule has 0 bridgehead atoms. The molecule has 2 aliphatic heterocycles. The zero-order valence-electron chi connectivity index (χ0n) is 24.0. The monoisotopic (exact) mass is 557 g/mol. The lowest BCUT2D eigenvalue weighted by Crippen LogP contribution is -2.40. The molecule has 214 valence electrons. The van der Waals surface area contributed by atoms with E-state index in [0.717, 1.165) is 35.2 Å². The predicted octanol–water partition coefficient (Wildman–Crippen LogP) is 4.62. The van der Waals surface area contributed by atoms with E-state index in [1.165, 1.54) is 12.3 Å². The summed E-state index contributed by atoms with van der Waals surface area (Å²) in [5.41, 5.74) is 5.89. The number of pyridine rings is 2. The molecule has 5 rings (SSSR count). The second-order valence-electron chi connectivity index (χ2n) is 11.0. The highest BCUT2D eigenvalue weighted by atomic mass is 19.1. The number of aromatic nitrogens is 2. The van der Waals surface area contributed by atoms with E-state index >= 15 is 0 Å². The molecule has 1 N–H and O–H groups in total. The standard InChI is InChI=1S/C32H36FN5O3/c1-5-41-30-15-29(35-17-23(30)16-34)21(4)38-11-9-26-27(25-6-7-31(33)36-20(25)3)13-22(14-28(26)32(38)40)8-10-37-18-24(39)12-19(37)2/h6-7,13-15,17,19,21,24,39H,5,8-12,18H2,1-4H3/t19-,21-,24?/m0/s1. The smallest absolute Gasteiger partial charge is 0.254 e. The van der Waals surface area contributed by atoms with Gasteiger partial charge in [0.05, 0.1) is 24.4 Å². The lowest BCUT2D eigenvalue weighted by Gasteiger charge is -2.35. The summed E-state index contributed by atoms with van der Waals surface area (Å²) in [6.45, 7) is 10.0. The van der Waals surface area contributed by atoms with Crippen LogP contribution in [0.4, 0.5) is 4.39 Å². The van der Waals surface area contributed by atoms with Crippen molar-refractivity contribution >= 4 is 5.91 Å². The van der Waals surface area contributed by atoms with Gasteiger partial charge in [0.1, 0.15) is 17.4 Å². The van der Waals surface area contributed by atoms with Gasteiger partial charge in [-0.25, -0.2) is 4.98 Å². The molecule has 0 aliphatic carbocycles. The van der Waals surface area contributed by atoms with Gasteiger partial charge in [-0.05, 0) is 81.8 Å². The Bertz CT molecular complexity index is 1500. The van der Waals surface area contributed by atoms with Crippen LogP contribution in [-0.2, 0) is 12.8 Å². The number of carbonyl (C=O) groups is 1. The highest BCUT2D eigenvalue weighted by molar-refractivity contribution is 5.99. The largest absolute Gasteiger partial charge is 0.492 e. The van der Waals surface area contributed by atoms with E-state index in [1.54, 1.807) is 19.1 Å². The van der Waals surface area contributed by atoms with Crippen molar-refractivity contribution in [3.8, 4) is 22.9 Å². The van der Waals surface area contributed by atoms with Gasteiger partial charge in [-0.15, -0.1) is 0 Å². The van der Waals surface area contributed by atoms with Crippen molar-refractivity contribution in [2.45, 2.75) is 65.1 Å². The second-order valence-corrected chi connectivity index (χ2v) is 11.0. The van der Waals surface area contributed by atoms with Gasteiger partial charge in [-0.1, -0.05) is 6.07 Å². The van der Waals surface area contributed by atoms with E-state index in [4.69, 9.17) is 4.74 Å². The van der Waals surface area contributed by atoms with E-state index in [9.17, 15) is 19.6 Å². The van der Waals surface area contributed by atoms with Gasteiger partial charge in [0.2, 0.25) is 5.95 Å². The van der Waals surface area contributed by atoms with Gasteiger partial charge >= 0.3 is 0 Å². The van der Waals surface area contributed by atoms with Crippen LogP contribution >= 0.6 is 0 Å². The van der Waals surface area contributed by atoms with Crippen LogP contribution in [0, 0.1) is 24.2 Å². The number of aliphatic hydroxyl groups is 1. The third-order valence-electron chi connectivity index (χ3n) is 8.32. The Morgan fingerprint density at radius 1 is 1.24 bits per heavy atom. The molecule has 2 aromatic heterocycles. The number of amides is 1. The number of rotatable bonds is 8. The summed E-state index contributed by atoms with van der Waals surface area (Å²) in [7, 11) is 0. The number of likely N-dealkylation sites (tertiary alicyclic amines) is 1. The number of nitrogens with zero attached hydrogens (tertiary/aromatic N) is 5. The van der Waals surface area contributed by atoms with Gasteiger partial charge in [-0.2, -0.15) is 9.65 Å². The molecule has 1 aromatic carbocycles. The van der Waals surface area contributed by atoms with Crippen LogP contribution < -0.4 is 4.74 Å². The fourth-order valence-electron chi connectivity index (χ4n) is 6.10. The minimum atomic E-state index is -0.532. The third-order valence-corrected chi connectivity index (χ3v) is 8.32. The molecule has 1 fully saturated rings. The van der Waals surface area contributed by atoms with Crippen molar-refractivity contribution in [1.29, 1.82) is 5.26 Å². The van der Waals surface area contributed by atoms with Crippen molar-refractivity contribution in [2.24, 2.45) is 0 Å². The number of hydrogen-bond donors (Lipinski definition) is 1. The van der Waals surface area contributed by atoms with Crippen LogP contribution in [0.2, 0.25) is 0 Å². The zero-order chi connectivity index (χ0) is 29.3. The molecule has 4 heterocycles. The summed E-state index contributed by atoms with van der Waals surface area (Å²) in [6.07, 6.45) is 3.28. The molecule has 1 unspecified atom stereocenters. The lowest BCUT2D eigenvalue weighted by molar-refractivity contribution is 0.0669. The minimum absolute atomic E-state index is 0.0938. The number of ether oxygens (including phenoxy) is 1. The maximum Gasteiger partial charge on any atom is 0.254 e. The summed E-state index contributed by atoms with van der Waals surface area (Å²) < 4.78 is 19.6. The maximum atomic E-state index is 14.1. The normalized spacial score (nSPS) is 19.6. The number of carbonyl (C=O) groups excluding carboxylic acids is 1. The highest BCUT2D eigenvalue weighted by Crippen LogP contribution is 2.36. The first kappa shape index (κ1) is 28.7. The number of aliphatic hydroxyl groups excluding tert-OH is 1. The van der Waals surface area contributed by atoms with E-state index in [1.807, 2.05) is 24.8 Å². The number of β-amino-alcohol motifs (C(OH)–C–C–N with tert-alkyl or cyclic N) is 1. The zero-order valence-corrected chi connectivity index (χ0v) is 24.0. The van der Waals surface area contributed by atoms with Crippen molar-refractivity contribution < 1.29 is 19.0 Å². The molecular formula is C32H36FN5O3. The van der Waals surface area contributed by atoms with Crippen LogP contribution in [0.5, 0.6) is 5.75 Å². The number of halogens is 1. The number of hydrogen-bond acceptors (Lipinski definition) is 7. The first-order valence-corrected chi connectivity index (χ1v) is 14.2. The molecule has 1 saturated heterocycles. The average molecular weight is 558 g/mol. The summed E-state index contributed by atoms with van der Waals surface area (Å²) in [4.78, 5) is 26.7. The van der Waals surface area contributed by atoms with E-state index in [2.05, 4.69) is 33.9 Å². The lowest BCUT2D eigenvalue weighted by atomic mass is 9.86. The van der Waals surface area contributed by atoms with Crippen molar-refractivity contribution in [1.82, 2.24) is 19.8 Å². The Morgan fingerprint density at radius 2 is 2.02 bits per heavy atom. The summed E-state index contributed by atoms with van der Waals surface area (Å²) in [6, 6.07) is 11.0. The fourth-order valence-corrected chi connectivity index (χ4v) is 6.10. The van der Waals surface area contributed by atoms with Gasteiger partial charge in [0, 0.05) is 54.8 Å². The van der Waals surface area contributed by atoms with Gasteiger partial charge < -0.3 is 14.7 Å².